The molecule has 1 saturated carbocycles. The molecule has 3 unspecified atom stereocenters. The fraction of sp³-hybridized carbons (Fsp3) is 1.00. The second-order valence-electron chi connectivity index (χ2n) is 5.48. The smallest absolute Gasteiger partial charge is 0.0474 e. The average Bonchev–Trinajstić information content (AvgIpc) is 2.03. The third-order valence-corrected chi connectivity index (χ3v) is 3.50. The molecular formula is C11H23NO. The van der Waals surface area contributed by atoms with Crippen LogP contribution in [-0.2, 0) is 0 Å². The summed E-state index contributed by atoms with van der Waals surface area (Å²) in [5.74, 6) is 1.06. The van der Waals surface area contributed by atoms with E-state index in [9.17, 15) is 0 Å². The molecule has 0 saturated heterocycles. The Labute approximate surface area is 81.5 Å². The Bertz CT molecular complexity index is 162. The van der Waals surface area contributed by atoms with E-state index in [1.165, 1.54) is 6.42 Å². The predicted molar refractivity (Wildman–Crippen MR) is 55.3 cm³/mol. The Kier molecular flexibility index (Phi) is 3.36. The van der Waals surface area contributed by atoms with Gasteiger partial charge in [0.2, 0.25) is 0 Å². The molecule has 1 aliphatic rings. The van der Waals surface area contributed by atoms with Crippen molar-refractivity contribution in [2.24, 2.45) is 23.0 Å². The van der Waals surface area contributed by atoms with Crippen LogP contribution in [0.15, 0.2) is 0 Å². The van der Waals surface area contributed by atoms with Gasteiger partial charge in [0.05, 0.1) is 0 Å². The van der Waals surface area contributed by atoms with Gasteiger partial charge in [-0.1, -0.05) is 20.8 Å². The molecule has 0 aromatic carbocycles. The normalized spacial score (nSPS) is 36.2. The van der Waals surface area contributed by atoms with Crippen LogP contribution in [0.1, 0.15) is 40.0 Å². The van der Waals surface area contributed by atoms with Gasteiger partial charge in [-0.15, -0.1) is 0 Å². The molecule has 0 amide bonds. The summed E-state index contributed by atoms with van der Waals surface area (Å²) in [6.07, 6.45) is 3.40. The van der Waals surface area contributed by atoms with Crippen molar-refractivity contribution in [1.29, 1.82) is 0 Å². The van der Waals surface area contributed by atoms with E-state index >= 15 is 0 Å². The zero-order valence-electron chi connectivity index (χ0n) is 9.09. The predicted octanol–water partition coefficient (Wildman–Crippen LogP) is 1.77. The number of aliphatic hydroxyl groups excluding tert-OH is 1. The Balaban J connectivity index is 2.55. The molecule has 0 aliphatic heterocycles. The van der Waals surface area contributed by atoms with Gasteiger partial charge in [0.25, 0.3) is 0 Å². The van der Waals surface area contributed by atoms with Crippen molar-refractivity contribution in [3.05, 3.63) is 0 Å². The summed E-state index contributed by atoms with van der Waals surface area (Å²) in [4.78, 5) is 0. The van der Waals surface area contributed by atoms with Crippen LogP contribution < -0.4 is 5.73 Å². The first-order valence-corrected chi connectivity index (χ1v) is 5.31. The van der Waals surface area contributed by atoms with E-state index in [0.717, 1.165) is 18.8 Å². The van der Waals surface area contributed by atoms with Crippen LogP contribution in [0, 0.1) is 17.3 Å². The van der Waals surface area contributed by atoms with Crippen LogP contribution in [0.5, 0.6) is 0 Å². The largest absolute Gasteiger partial charge is 0.396 e. The van der Waals surface area contributed by atoms with Crippen molar-refractivity contribution in [3.63, 3.8) is 0 Å². The number of hydrogen-bond acceptors (Lipinski definition) is 2. The van der Waals surface area contributed by atoms with Crippen LogP contribution in [-0.4, -0.2) is 17.8 Å². The molecule has 0 spiro atoms. The summed E-state index contributed by atoms with van der Waals surface area (Å²) >= 11 is 0. The van der Waals surface area contributed by atoms with Gasteiger partial charge in [0.15, 0.2) is 0 Å². The molecular weight excluding hydrogens is 162 g/mol. The molecule has 2 heteroatoms. The Hall–Kier alpha value is -0.0800. The first kappa shape index (κ1) is 11.0. The van der Waals surface area contributed by atoms with Crippen molar-refractivity contribution in [2.75, 3.05) is 6.61 Å². The van der Waals surface area contributed by atoms with Crippen LogP contribution in [0.2, 0.25) is 0 Å². The first-order valence-electron chi connectivity index (χ1n) is 5.31. The Morgan fingerprint density at radius 1 is 1.31 bits per heavy atom. The van der Waals surface area contributed by atoms with Crippen LogP contribution >= 0.6 is 0 Å². The molecule has 2 nitrogen and oxygen atoms in total. The molecule has 78 valence electrons. The Morgan fingerprint density at radius 2 is 1.92 bits per heavy atom. The van der Waals surface area contributed by atoms with Crippen molar-refractivity contribution >= 4 is 0 Å². The number of hydrogen-bond donors (Lipinski definition) is 2. The standard InChI is InChI=1S/C11H23NO/c1-11(2,3)9-4-5-10(12)8(6-9)7-13/h8-10,13H,4-7,12H2,1-3H3. The molecule has 13 heavy (non-hydrogen) atoms. The maximum atomic E-state index is 9.16. The highest BCUT2D eigenvalue weighted by atomic mass is 16.3. The Morgan fingerprint density at radius 3 is 2.38 bits per heavy atom. The minimum absolute atomic E-state index is 0.226. The van der Waals surface area contributed by atoms with E-state index in [1.54, 1.807) is 0 Å². The van der Waals surface area contributed by atoms with Crippen molar-refractivity contribution in [2.45, 2.75) is 46.1 Å². The third kappa shape index (κ3) is 2.68. The summed E-state index contributed by atoms with van der Waals surface area (Å²) in [5, 5.41) is 9.16. The van der Waals surface area contributed by atoms with Gasteiger partial charge in [-0.2, -0.15) is 0 Å². The monoisotopic (exact) mass is 185 g/mol. The van der Waals surface area contributed by atoms with Gasteiger partial charge in [-0.05, 0) is 36.5 Å². The zero-order chi connectivity index (χ0) is 10.1. The van der Waals surface area contributed by atoms with E-state index in [-0.39, 0.29) is 12.6 Å². The topological polar surface area (TPSA) is 46.2 Å². The van der Waals surface area contributed by atoms with E-state index < -0.39 is 0 Å². The van der Waals surface area contributed by atoms with Crippen molar-refractivity contribution in [3.8, 4) is 0 Å². The number of nitrogens with two attached hydrogens (primary N) is 1. The van der Waals surface area contributed by atoms with Gasteiger partial charge >= 0.3 is 0 Å². The van der Waals surface area contributed by atoms with Crippen LogP contribution in [0.3, 0.4) is 0 Å². The van der Waals surface area contributed by atoms with Crippen molar-refractivity contribution in [1.82, 2.24) is 0 Å². The molecule has 3 atom stereocenters. The molecule has 3 N–H and O–H groups in total. The lowest BCUT2D eigenvalue weighted by Crippen LogP contribution is -2.41. The molecule has 0 heterocycles. The van der Waals surface area contributed by atoms with Crippen LogP contribution in [0.4, 0.5) is 0 Å². The van der Waals surface area contributed by atoms with E-state index in [4.69, 9.17) is 10.8 Å². The lowest BCUT2D eigenvalue weighted by molar-refractivity contribution is 0.0884. The molecule has 0 radical (unpaired) electrons. The molecule has 1 fully saturated rings. The minimum Gasteiger partial charge on any atom is -0.396 e. The summed E-state index contributed by atoms with van der Waals surface area (Å²) in [6.45, 7) is 7.10. The number of aliphatic hydroxyl groups is 1. The molecule has 0 bridgehead atoms. The average molecular weight is 185 g/mol. The zero-order valence-corrected chi connectivity index (χ0v) is 9.09. The summed E-state index contributed by atoms with van der Waals surface area (Å²) in [6, 6.07) is 0.226. The fourth-order valence-electron chi connectivity index (χ4n) is 2.28. The summed E-state index contributed by atoms with van der Waals surface area (Å²) in [5.41, 5.74) is 6.30. The quantitative estimate of drug-likeness (QED) is 0.654. The van der Waals surface area contributed by atoms with Crippen molar-refractivity contribution < 1.29 is 5.11 Å². The first-order chi connectivity index (χ1) is 5.95. The molecule has 1 aliphatic carbocycles. The van der Waals surface area contributed by atoms with E-state index in [1.807, 2.05) is 0 Å². The van der Waals surface area contributed by atoms with Gasteiger partial charge in [-0.25, -0.2) is 0 Å². The van der Waals surface area contributed by atoms with Gasteiger partial charge in [-0.3, -0.25) is 0 Å². The molecule has 1 rings (SSSR count). The fourth-order valence-corrected chi connectivity index (χ4v) is 2.28. The SMILES string of the molecule is CC(C)(C)C1CCC(N)C(CO)C1. The summed E-state index contributed by atoms with van der Waals surface area (Å²) < 4.78 is 0. The highest BCUT2D eigenvalue weighted by Crippen LogP contribution is 2.39. The maximum absolute atomic E-state index is 9.16. The highest BCUT2D eigenvalue weighted by molar-refractivity contribution is 4.86. The molecule has 0 aromatic rings. The van der Waals surface area contributed by atoms with E-state index in [0.29, 0.717) is 11.3 Å². The second-order valence-corrected chi connectivity index (χ2v) is 5.48. The maximum Gasteiger partial charge on any atom is 0.0474 e. The lowest BCUT2D eigenvalue weighted by Gasteiger charge is -2.40. The minimum atomic E-state index is 0.226. The van der Waals surface area contributed by atoms with E-state index in [2.05, 4.69) is 20.8 Å². The van der Waals surface area contributed by atoms with Gasteiger partial charge < -0.3 is 10.8 Å². The highest BCUT2D eigenvalue weighted by Gasteiger charge is 2.33. The lowest BCUT2D eigenvalue weighted by atomic mass is 9.68. The van der Waals surface area contributed by atoms with Gasteiger partial charge in [0, 0.05) is 12.6 Å². The number of rotatable bonds is 1. The van der Waals surface area contributed by atoms with Crippen LogP contribution in [0.25, 0.3) is 0 Å². The van der Waals surface area contributed by atoms with Gasteiger partial charge in [0.1, 0.15) is 0 Å². The summed E-state index contributed by atoms with van der Waals surface area (Å²) in [7, 11) is 0. The molecule has 0 aromatic heterocycles. The second kappa shape index (κ2) is 3.97. The third-order valence-electron chi connectivity index (χ3n) is 3.50.